The number of urea groups is 1. The molecule has 1 saturated heterocycles. The van der Waals surface area contributed by atoms with Gasteiger partial charge in [0.05, 0.1) is 25.3 Å². The van der Waals surface area contributed by atoms with Crippen LogP contribution in [0.4, 0.5) is 4.79 Å². The molecule has 0 aromatic carbocycles. The van der Waals surface area contributed by atoms with Gasteiger partial charge in [-0.25, -0.2) is 9.78 Å². The zero-order valence-corrected chi connectivity index (χ0v) is 14.8. The van der Waals surface area contributed by atoms with Crippen LogP contribution in [0.3, 0.4) is 0 Å². The van der Waals surface area contributed by atoms with Crippen molar-refractivity contribution in [3.05, 3.63) is 23.9 Å². The van der Waals surface area contributed by atoms with E-state index in [1.807, 2.05) is 26.8 Å². The van der Waals surface area contributed by atoms with Crippen molar-refractivity contribution in [2.45, 2.75) is 44.9 Å². The van der Waals surface area contributed by atoms with Crippen molar-refractivity contribution < 1.29 is 19.0 Å². The third kappa shape index (κ3) is 5.07. The van der Waals surface area contributed by atoms with Gasteiger partial charge in [-0.2, -0.15) is 0 Å². The highest BCUT2D eigenvalue weighted by molar-refractivity contribution is 5.75. The molecule has 2 amide bonds. The van der Waals surface area contributed by atoms with Crippen molar-refractivity contribution in [2.75, 3.05) is 26.9 Å². The number of amides is 2. The molecule has 2 rings (SSSR count). The van der Waals surface area contributed by atoms with Crippen LogP contribution in [0.2, 0.25) is 0 Å². The van der Waals surface area contributed by atoms with Crippen LogP contribution in [0.25, 0.3) is 0 Å². The van der Waals surface area contributed by atoms with E-state index < -0.39 is 5.54 Å². The molecule has 7 heteroatoms. The van der Waals surface area contributed by atoms with Gasteiger partial charge in [0.1, 0.15) is 6.10 Å². The Balaban J connectivity index is 1.93. The van der Waals surface area contributed by atoms with E-state index in [0.29, 0.717) is 25.7 Å². The molecule has 7 nitrogen and oxygen atoms in total. The molecule has 2 heterocycles. The summed E-state index contributed by atoms with van der Waals surface area (Å²) in [5.41, 5.74) is 0.490. The highest BCUT2D eigenvalue weighted by atomic mass is 16.5. The van der Waals surface area contributed by atoms with Crippen LogP contribution in [0, 0.1) is 0 Å². The lowest BCUT2D eigenvalue weighted by molar-refractivity contribution is 0.0905. The molecule has 0 aliphatic carbocycles. The molecule has 2 N–H and O–H groups in total. The van der Waals surface area contributed by atoms with E-state index in [1.54, 1.807) is 19.4 Å². The molecule has 1 fully saturated rings. The topological polar surface area (TPSA) is 81.7 Å². The van der Waals surface area contributed by atoms with E-state index >= 15 is 0 Å². The monoisotopic (exact) mass is 337 g/mol. The van der Waals surface area contributed by atoms with E-state index in [0.717, 1.165) is 12.0 Å². The van der Waals surface area contributed by atoms with Crippen molar-refractivity contribution in [1.82, 2.24) is 15.6 Å². The number of pyridine rings is 1. The van der Waals surface area contributed by atoms with E-state index in [9.17, 15) is 4.79 Å². The summed E-state index contributed by atoms with van der Waals surface area (Å²) in [6.07, 6.45) is 2.28. The maximum Gasteiger partial charge on any atom is 0.315 e. The lowest BCUT2D eigenvalue weighted by Gasteiger charge is -2.28. The largest absolute Gasteiger partial charge is 0.481 e. The van der Waals surface area contributed by atoms with Crippen LogP contribution in [-0.2, 0) is 9.47 Å². The molecular weight excluding hydrogens is 310 g/mol. The average molecular weight is 337 g/mol. The molecule has 0 radical (unpaired) electrons. The zero-order valence-electron chi connectivity index (χ0n) is 14.8. The summed E-state index contributed by atoms with van der Waals surface area (Å²) in [4.78, 5) is 16.5. The van der Waals surface area contributed by atoms with Gasteiger partial charge >= 0.3 is 6.03 Å². The predicted octanol–water partition coefficient (Wildman–Crippen LogP) is 2.03. The number of nitrogens with zero attached hydrogens (tertiary/aromatic N) is 1. The Morgan fingerprint density at radius 1 is 1.46 bits per heavy atom. The summed E-state index contributed by atoms with van der Waals surface area (Å²) in [6.45, 7) is 7.47. The summed E-state index contributed by atoms with van der Waals surface area (Å²) in [5, 5.41) is 5.94. The minimum Gasteiger partial charge on any atom is -0.481 e. The summed E-state index contributed by atoms with van der Waals surface area (Å²) in [6, 6.07) is 3.39. The smallest absolute Gasteiger partial charge is 0.315 e. The van der Waals surface area contributed by atoms with Crippen LogP contribution < -0.4 is 15.4 Å². The fourth-order valence-corrected chi connectivity index (χ4v) is 2.65. The van der Waals surface area contributed by atoms with Crippen molar-refractivity contribution in [3.8, 4) is 5.88 Å². The fourth-order valence-electron chi connectivity index (χ4n) is 2.65. The Morgan fingerprint density at radius 3 is 2.88 bits per heavy atom. The number of nitrogens with one attached hydrogen (secondary N) is 2. The average Bonchev–Trinajstić information content (AvgIpc) is 3.00. The molecular formula is C17H27N3O4. The van der Waals surface area contributed by atoms with Crippen molar-refractivity contribution >= 4 is 6.03 Å². The van der Waals surface area contributed by atoms with Gasteiger partial charge in [0.25, 0.3) is 0 Å². The molecule has 1 aromatic rings. The van der Waals surface area contributed by atoms with Gasteiger partial charge in [0.2, 0.25) is 5.88 Å². The maximum atomic E-state index is 12.3. The first-order valence-electron chi connectivity index (χ1n) is 8.23. The molecule has 2 atom stereocenters. The second-order valence-electron chi connectivity index (χ2n) is 6.44. The van der Waals surface area contributed by atoms with Crippen molar-refractivity contribution in [1.29, 1.82) is 0 Å². The highest BCUT2D eigenvalue weighted by Gasteiger charge is 2.32. The maximum absolute atomic E-state index is 12.3. The van der Waals surface area contributed by atoms with Gasteiger partial charge in [-0.05, 0) is 33.3 Å². The van der Waals surface area contributed by atoms with Crippen molar-refractivity contribution in [3.63, 3.8) is 0 Å². The number of aromatic nitrogens is 1. The molecule has 0 saturated carbocycles. The van der Waals surface area contributed by atoms with E-state index in [2.05, 4.69) is 15.6 Å². The lowest BCUT2D eigenvalue weighted by Crippen LogP contribution is -2.53. The third-order valence-electron chi connectivity index (χ3n) is 3.82. The minimum absolute atomic E-state index is 0.0944. The number of carbonyl (C=O) groups excluding carboxylic acids is 1. The number of rotatable bonds is 7. The van der Waals surface area contributed by atoms with Gasteiger partial charge in [0.15, 0.2) is 0 Å². The van der Waals surface area contributed by atoms with Gasteiger partial charge in [-0.1, -0.05) is 0 Å². The Hall–Kier alpha value is -1.86. The number of ether oxygens (including phenoxy) is 3. The molecule has 1 aliphatic rings. The minimum atomic E-state index is -0.434. The summed E-state index contributed by atoms with van der Waals surface area (Å²) in [7, 11) is 1.58. The molecule has 1 aliphatic heterocycles. The fraction of sp³-hybridized carbons (Fsp3) is 0.647. The summed E-state index contributed by atoms with van der Waals surface area (Å²) >= 11 is 0. The van der Waals surface area contributed by atoms with E-state index in [1.165, 1.54) is 0 Å². The molecule has 24 heavy (non-hydrogen) atoms. The first-order chi connectivity index (χ1) is 11.4. The molecule has 134 valence electrons. The van der Waals surface area contributed by atoms with Crippen LogP contribution in [0.5, 0.6) is 5.88 Å². The highest BCUT2D eigenvalue weighted by Crippen LogP contribution is 2.29. The SMILES string of the molecule is CCOCC(C)(C)NC(=O)N[C@H]1CCO[C@@H]1c1ccc(OC)nc1. The Labute approximate surface area is 143 Å². The second-order valence-corrected chi connectivity index (χ2v) is 6.44. The van der Waals surface area contributed by atoms with E-state index in [4.69, 9.17) is 14.2 Å². The molecule has 1 aromatic heterocycles. The molecule has 0 bridgehead atoms. The Kier molecular flexibility index (Phi) is 6.39. The zero-order chi connectivity index (χ0) is 17.6. The van der Waals surface area contributed by atoms with Crippen LogP contribution in [0.1, 0.15) is 38.9 Å². The molecule has 0 spiro atoms. The normalized spacial score (nSPS) is 20.7. The van der Waals surface area contributed by atoms with Crippen LogP contribution >= 0.6 is 0 Å². The Morgan fingerprint density at radius 2 is 2.25 bits per heavy atom. The second kappa shape index (κ2) is 8.30. The third-order valence-corrected chi connectivity index (χ3v) is 3.82. The van der Waals surface area contributed by atoms with E-state index in [-0.39, 0.29) is 18.2 Å². The molecule has 0 unspecified atom stereocenters. The summed E-state index contributed by atoms with van der Waals surface area (Å²) in [5.74, 6) is 0.552. The number of hydrogen-bond donors (Lipinski definition) is 2. The van der Waals surface area contributed by atoms with Gasteiger partial charge in [-0.15, -0.1) is 0 Å². The quantitative estimate of drug-likeness (QED) is 0.796. The van der Waals surface area contributed by atoms with Crippen LogP contribution in [-0.4, -0.2) is 49.5 Å². The number of hydrogen-bond acceptors (Lipinski definition) is 5. The number of methoxy groups -OCH3 is 1. The summed E-state index contributed by atoms with van der Waals surface area (Å²) < 4.78 is 16.2. The predicted molar refractivity (Wildman–Crippen MR) is 90.1 cm³/mol. The standard InChI is InChI=1S/C17H27N3O4/c1-5-23-11-17(2,3)20-16(21)19-13-8-9-24-15(13)12-6-7-14(22-4)18-10-12/h6-7,10,13,15H,5,8-9,11H2,1-4H3,(H2,19,20,21)/t13-,15+/m0/s1. The lowest BCUT2D eigenvalue weighted by atomic mass is 10.0. The van der Waals surface area contributed by atoms with Gasteiger partial charge in [-0.3, -0.25) is 0 Å². The first-order valence-corrected chi connectivity index (χ1v) is 8.23. The van der Waals surface area contributed by atoms with Gasteiger partial charge < -0.3 is 24.8 Å². The Bertz CT molecular complexity index is 533. The first kappa shape index (κ1) is 18.5. The van der Waals surface area contributed by atoms with Crippen LogP contribution in [0.15, 0.2) is 18.3 Å². The van der Waals surface area contributed by atoms with Gasteiger partial charge in [0, 0.05) is 31.0 Å². The van der Waals surface area contributed by atoms with Crippen molar-refractivity contribution in [2.24, 2.45) is 0 Å². The number of carbonyl (C=O) groups is 1.